The van der Waals surface area contributed by atoms with E-state index in [4.69, 9.17) is 30.9 Å². The first-order chi connectivity index (χ1) is 15.6. The van der Waals surface area contributed by atoms with E-state index in [1.807, 2.05) is 0 Å². The van der Waals surface area contributed by atoms with E-state index < -0.39 is 39.0 Å². The third-order valence-electron chi connectivity index (χ3n) is 4.80. The summed E-state index contributed by atoms with van der Waals surface area (Å²) in [6.45, 7) is -0.604. The molecule has 3 aromatic rings. The SMILES string of the molecule is O=P(O)(O)OC[C@H]1OC(Oc2c(Cl)ccc(CNc3ncnc4nc[nH]c34)c2O)[C@H](O)[C@@H]1O. The molecule has 1 aromatic carbocycles. The number of phosphoric acid groups is 1. The van der Waals surface area contributed by atoms with Crippen LogP contribution in [0, 0.1) is 0 Å². The predicted octanol–water partition coefficient (Wildman–Crippen LogP) is 0.259. The lowest BCUT2D eigenvalue weighted by Crippen LogP contribution is -2.36. The minimum atomic E-state index is -4.81. The van der Waals surface area contributed by atoms with E-state index >= 15 is 0 Å². The number of aromatic amines is 1. The van der Waals surface area contributed by atoms with Gasteiger partial charge in [0.2, 0.25) is 6.29 Å². The van der Waals surface area contributed by atoms with Crippen molar-refractivity contribution < 1.29 is 43.7 Å². The van der Waals surface area contributed by atoms with Crippen LogP contribution in [0.1, 0.15) is 5.56 Å². The molecule has 0 spiro atoms. The van der Waals surface area contributed by atoms with Gasteiger partial charge in [0.1, 0.15) is 30.2 Å². The third kappa shape index (κ3) is 5.18. The highest BCUT2D eigenvalue weighted by atomic mass is 35.5. The Labute approximate surface area is 190 Å². The maximum atomic E-state index is 10.9. The van der Waals surface area contributed by atoms with Crippen LogP contribution in [0.15, 0.2) is 24.8 Å². The molecule has 1 unspecified atom stereocenters. The Balaban J connectivity index is 1.48. The van der Waals surface area contributed by atoms with E-state index in [9.17, 15) is 19.9 Å². The van der Waals surface area contributed by atoms with Crippen LogP contribution in [-0.2, 0) is 20.4 Å². The van der Waals surface area contributed by atoms with Crippen molar-refractivity contribution in [2.24, 2.45) is 0 Å². The van der Waals surface area contributed by atoms with Crippen LogP contribution in [0.25, 0.3) is 11.2 Å². The van der Waals surface area contributed by atoms with Crippen molar-refractivity contribution >= 4 is 36.4 Å². The zero-order valence-electron chi connectivity index (χ0n) is 16.6. The molecular weight excluding hydrogens is 485 g/mol. The van der Waals surface area contributed by atoms with Crippen LogP contribution in [0.2, 0.25) is 5.02 Å². The van der Waals surface area contributed by atoms with Crippen molar-refractivity contribution in [3.63, 3.8) is 0 Å². The van der Waals surface area contributed by atoms with Gasteiger partial charge in [0, 0.05) is 12.1 Å². The summed E-state index contributed by atoms with van der Waals surface area (Å²) in [5.74, 6) is -0.136. The molecule has 2 aromatic heterocycles. The van der Waals surface area contributed by atoms with Crippen molar-refractivity contribution in [3.05, 3.63) is 35.4 Å². The average molecular weight is 504 g/mol. The lowest BCUT2D eigenvalue weighted by molar-refractivity contribution is -0.116. The number of hydrogen-bond acceptors (Lipinski definition) is 11. The minimum Gasteiger partial charge on any atom is -0.504 e. The highest BCUT2D eigenvalue weighted by Gasteiger charge is 2.45. The van der Waals surface area contributed by atoms with Crippen molar-refractivity contribution in [1.29, 1.82) is 0 Å². The second-order valence-corrected chi connectivity index (χ2v) is 8.64. The molecule has 16 heteroatoms. The number of H-pyrrole nitrogens is 1. The fourth-order valence-corrected chi connectivity index (χ4v) is 3.69. The maximum absolute atomic E-state index is 10.9. The van der Waals surface area contributed by atoms with Crippen LogP contribution < -0.4 is 10.1 Å². The van der Waals surface area contributed by atoms with E-state index in [2.05, 4.69) is 29.8 Å². The number of ether oxygens (including phenoxy) is 2. The number of imidazole rings is 1. The minimum absolute atomic E-state index is 0.00514. The summed E-state index contributed by atoms with van der Waals surface area (Å²) < 4.78 is 26.0. The largest absolute Gasteiger partial charge is 0.504 e. The molecule has 0 saturated carbocycles. The van der Waals surface area contributed by atoms with Crippen LogP contribution in [0.3, 0.4) is 0 Å². The number of aromatic nitrogens is 4. The summed E-state index contributed by atoms with van der Waals surface area (Å²) in [5.41, 5.74) is 1.39. The van der Waals surface area contributed by atoms with Crippen LogP contribution >= 0.6 is 19.4 Å². The molecule has 4 rings (SSSR count). The Bertz CT molecular complexity index is 1190. The molecule has 3 heterocycles. The summed E-state index contributed by atoms with van der Waals surface area (Å²) in [5, 5.41) is 34.0. The Hall–Kier alpha value is -2.55. The highest BCUT2D eigenvalue weighted by molar-refractivity contribution is 7.46. The van der Waals surface area contributed by atoms with Crippen molar-refractivity contribution in [2.45, 2.75) is 31.1 Å². The van der Waals surface area contributed by atoms with E-state index in [0.29, 0.717) is 22.5 Å². The van der Waals surface area contributed by atoms with Crippen LogP contribution in [0.4, 0.5) is 5.82 Å². The molecule has 0 bridgehead atoms. The van der Waals surface area contributed by atoms with Gasteiger partial charge in [-0.2, -0.15) is 0 Å². The molecule has 1 fully saturated rings. The number of phosphoric ester groups is 1. The molecular formula is C17H19ClN5O9P. The third-order valence-corrected chi connectivity index (χ3v) is 5.58. The fourth-order valence-electron chi connectivity index (χ4n) is 3.16. The molecule has 0 aliphatic carbocycles. The lowest BCUT2D eigenvalue weighted by atomic mass is 10.1. The van der Waals surface area contributed by atoms with Gasteiger partial charge in [0.15, 0.2) is 23.0 Å². The Morgan fingerprint density at radius 2 is 2.00 bits per heavy atom. The molecule has 33 heavy (non-hydrogen) atoms. The number of fused-ring (bicyclic) bond motifs is 1. The average Bonchev–Trinajstić information content (AvgIpc) is 3.34. The van der Waals surface area contributed by atoms with Gasteiger partial charge in [-0.15, -0.1) is 0 Å². The number of phenolic OH excluding ortho intramolecular Hbond substituents is 1. The molecule has 4 atom stereocenters. The number of nitrogens with one attached hydrogen (secondary N) is 2. The van der Waals surface area contributed by atoms with Gasteiger partial charge in [-0.1, -0.05) is 17.7 Å². The van der Waals surface area contributed by atoms with Crippen molar-refractivity contribution in [1.82, 2.24) is 19.9 Å². The Morgan fingerprint density at radius 1 is 1.21 bits per heavy atom. The normalized spacial score (nSPS) is 23.2. The van der Waals surface area contributed by atoms with E-state index in [0.717, 1.165) is 0 Å². The van der Waals surface area contributed by atoms with Gasteiger partial charge in [-0.05, 0) is 6.07 Å². The van der Waals surface area contributed by atoms with Gasteiger partial charge in [0.05, 0.1) is 18.0 Å². The molecule has 0 amide bonds. The maximum Gasteiger partial charge on any atom is 0.469 e. The van der Waals surface area contributed by atoms with Crippen LogP contribution in [-0.4, -0.2) is 76.3 Å². The summed E-state index contributed by atoms with van der Waals surface area (Å²) in [6.07, 6.45) is -3.17. The number of aliphatic hydroxyl groups excluding tert-OH is 2. The Morgan fingerprint density at radius 3 is 2.76 bits per heavy atom. The highest BCUT2D eigenvalue weighted by Crippen LogP contribution is 2.41. The number of aliphatic hydroxyl groups is 2. The first kappa shape index (κ1) is 23.6. The van der Waals surface area contributed by atoms with E-state index in [-0.39, 0.29) is 23.1 Å². The first-order valence-corrected chi connectivity index (χ1v) is 11.3. The number of nitrogens with zero attached hydrogens (tertiary/aromatic N) is 3. The van der Waals surface area contributed by atoms with Crippen LogP contribution in [0.5, 0.6) is 11.5 Å². The lowest BCUT2D eigenvalue weighted by Gasteiger charge is -2.20. The van der Waals surface area contributed by atoms with Gasteiger partial charge < -0.3 is 44.9 Å². The van der Waals surface area contributed by atoms with Crippen molar-refractivity contribution in [3.8, 4) is 11.5 Å². The number of halogens is 1. The number of phenols is 1. The number of benzene rings is 1. The molecule has 0 radical (unpaired) electrons. The first-order valence-electron chi connectivity index (χ1n) is 9.40. The number of rotatable bonds is 8. The Kier molecular flexibility index (Phi) is 6.70. The van der Waals surface area contributed by atoms with Gasteiger partial charge in [0.25, 0.3) is 0 Å². The molecule has 14 nitrogen and oxygen atoms in total. The number of aromatic hydroxyl groups is 1. The topological polar surface area (TPSA) is 212 Å². The summed E-state index contributed by atoms with van der Waals surface area (Å²) in [7, 11) is -4.81. The monoisotopic (exact) mass is 503 g/mol. The quantitative estimate of drug-likeness (QED) is 0.206. The standard InChI is InChI=1S/C17H19ClN5O9P/c18-8-2-1-7(3-19-15-10-16(21-5-20-10)23-6-22-15)11(24)14(8)32-17-13(26)12(25)9(31-17)4-30-33(27,28)29/h1-2,5-6,9,12-13,17,24-26H,3-4H2,(H2,27,28,29)(H2,19,20,21,22,23)/t9-,12-,13-,17?/m1/s1. The van der Waals surface area contributed by atoms with E-state index in [1.165, 1.54) is 18.7 Å². The zero-order valence-corrected chi connectivity index (χ0v) is 18.2. The summed E-state index contributed by atoms with van der Waals surface area (Å²) in [6, 6.07) is 2.99. The number of hydrogen-bond donors (Lipinski definition) is 7. The molecule has 1 aliphatic rings. The predicted molar refractivity (Wildman–Crippen MR) is 111 cm³/mol. The summed E-state index contributed by atoms with van der Waals surface area (Å²) in [4.78, 5) is 32.7. The van der Waals surface area contributed by atoms with Gasteiger partial charge in [-0.25, -0.2) is 19.5 Å². The molecule has 1 aliphatic heterocycles. The van der Waals surface area contributed by atoms with Gasteiger partial charge in [-0.3, -0.25) is 4.52 Å². The molecule has 1 saturated heterocycles. The molecule has 178 valence electrons. The summed E-state index contributed by atoms with van der Waals surface area (Å²) >= 11 is 6.14. The number of anilines is 1. The zero-order chi connectivity index (χ0) is 23.8. The smallest absolute Gasteiger partial charge is 0.469 e. The van der Waals surface area contributed by atoms with E-state index in [1.54, 1.807) is 6.07 Å². The fraction of sp³-hybridized carbons (Fsp3) is 0.353. The molecule has 7 N–H and O–H groups in total. The van der Waals surface area contributed by atoms with Crippen molar-refractivity contribution in [2.75, 3.05) is 11.9 Å². The second-order valence-electron chi connectivity index (χ2n) is 6.99. The van der Waals surface area contributed by atoms with Gasteiger partial charge >= 0.3 is 7.82 Å². The second kappa shape index (κ2) is 9.37.